The predicted molar refractivity (Wildman–Crippen MR) is 40.7 cm³/mol. The Hall–Kier alpha value is -0.370. The summed E-state index contributed by atoms with van der Waals surface area (Å²) in [5, 5.41) is 8.72. The summed E-state index contributed by atoms with van der Waals surface area (Å²) in [7, 11) is 0. The van der Waals surface area contributed by atoms with Gasteiger partial charge in [-0.1, -0.05) is 13.8 Å². The fourth-order valence-corrected chi connectivity index (χ4v) is 0.938. The summed E-state index contributed by atoms with van der Waals surface area (Å²) in [6.07, 6.45) is 0.797. The molecular formula is C8H16O2. The van der Waals surface area contributed by atoms with E-state index in [0.717, 1.165) is 6.42 Å². The molecule has 0 aromatic carbocycles. The zero-order valence-electron chi connectivity index (χ0n) is 6.92. The number of carbonyl (C=O) groups excluding carboxylic acids is 1. The van der Waals surface area contributed by atoms with Crippen LogP contribution in [0.25, 0.3) is 0 Å². The SMILES string of the molecule is CC(=O)C(CO)CC(C)C. The second kappa shape index (κ2) is 4.45. The Morgan fingerprint density at radius 1 is 1.50 bits per heavy atom. The van der Waals surface area contributed by atoms with Crippen LogP contribution in [0.4, 0.5) is 0 Å². The number of carbonyl (C=O) groups is 1. The first-order valence-corrected chi connectivity index (χ1v) is 3.69. The van der Waals surface area contributed by atoms with Crippen molar-refractivity contribution in [1.82, 2.24) is 0 Å². The van der Waals surface area contributed by atoms with Gasteiger partial charge >= 0.3 is 0 Å². The lowest BCUT2D eigenvalue weighted by Gasteiger charge is -2.11. The van der Waals surface area contributed by atoms with Crippen molar-refractivity contribution in [3.63, 3.8) is 0 Å². The first-order valence-electron chi connectivity index (χ1n) is 3.69. The van der Waals surface area contributed by atoms with Gasteiger partial charge in [-0.3, -0.25) is 4.79 Å². The average molecular weight is 144 g/mol. The molecule has 10 heavy (non-hydrogen) atoms. The first-order chi connectivity index (χ1) is 4.57. The molecule has 0 bridgehead atoms. The molecular weight excluding hydrogens is 128 g/mol. The molecule has 0 radical (unpaired) electrons. The Labute approximate surface area is 62.2 Å². The molecule has 0 aromatic rings. The molecule has 60 valence electrons. The molecule has 0 aliphatic heterocycles. The summed E-state index contributed by atoms with van der Waals surface area (Å²) in [5.74, 6) is 0.442. The van der Waals surface area contributed by atoms with Crippen LogP contribution in [-0.2, 0) is 4.79 Å². The zero-order valence-corrected chi connectivity index (χ0v) is 6.92. The first kappa shape index (κ1) is 9.63. The van der Waals surface area contributed by atoms with Crippen LogP contribution in [-0.4, -0.2) is 17.5 Å². The van der Waals surface area contributed by atoms with Crippen molar-refractivity contribution < 1.29 is 9.90 Å². The van der Waals surface area contributed by atoms with E-state index in [2.05, 4.69) is 0 Å². The van der Waals surface area contributed by atoms with Crippen LogP contribution in [0.1, 0.15) is 27.2 Å². The van der Waals surface area contributed by atoms with Crippen molar-refractivity contribution in [1.29, 1.82) is 0 Å². The smallest absolute Gasteiger partial charge is 0.135 e. The van der Waals surface area contributed by atoms with Crippen LogP contribution in [0, 0.1) is 11.8 Å². The van der Waals surface area contributed by atoms with E-state index in [1.165, 1.54) is 6.92 Å². The molecule has 0 amide bonds. The van der Waals surface area contributed by atoms with Gasteiger partial charge < -0.3 is 5.11 Å². The standard InChI is InChI=1S/C8H16O2/c1-6(2)4-8(5-9)7(3)10/h6,8-9H,4-5H2,1-3H3. The van der Waals surface area contributed by atoms with Crippen molar-refractivity contribution in [2.24, 2.45) is 11.8 Å². The number of aliphatic hydroxyl groups is 1. The van der Waals surface area contributed by atoms with Gasteiger partial charge in [-0.2, -0.15) is 0 Å². The Morgan fingerprint density at radius 3 is 2.10 bits per heavy atom. The van der Waals surface area contributed by atoms with Crippen molar-refractivity contribution >= 4 is 5.78 Å². The lowest BCUT2D eigenvalue weighted by atomic mass is 9.95. The maximum absolute atomic E-state index is 10.8. The fraction of sp³-hybridized carbons (Fsp3) is 0.875. The number of hydrogen-bond acceptors (Lipinski definition) is 2. The van der Waals surface area contributed by atoms with Gasteiger partial charge in [-0.25, -0.2) is 0 Å². The second-order valence-electron chi connectivity index (χ2n) is 3.12. The highest BCUT2D eigenvalue weighted by molar-refractivity contribution is 5.78. The van der Waals surface area contributed by atoms with Gasteiger partial charge in [0.25, 0.3) is 0 Å². The minimum absolute atomic E-state index is 0.00644. The highest BCUT2D eigenvalue weighted by Gasteiger charge is 2.13. The lowest BCUT2D eigenvalue weighted by molar-refractivity contribution is -0.122. The summed E-state index contributed by atoms with van der Waals surface area (Å²) < 4.78 is 0. The minimum Gasteiger partial charge on any atom is -0.396 e. The van der Waals surface area contributed by atoms with Crippen LogP contribution in [0.2, 0.25) is 0 Å². The summed E-state index contributed by atoms with van der Waals surface area (Å²) in [6, 6.07) is 0. The van der Waals surface area contributed by atoms with Gasteiger partial charge in [0.2, 0.25) is 0 Å². The number of hydrogen-bond donors (Lipinski definition) is 1. The van der Waals surface area contributed by atoms with Crippen LogP contribution in [0.15, 0.2) is 0 Å². The molecule has 1 atom stereocenters. The molecule has 0 rings (SSSR count). The van der Waals surface area contributed by atoms with Crippen LogP contribution in [0.5, 0.6) is 0 Å². The molecule has 0 aromatic heterocycles. The van der Waals surface area contributed by atoms with Gasteiger partial charge in [0.1, 0.15) is 5.78 Å². The molecule has 0 heterocycles. The Bertz CT molecular complexity index is 108. The summed E-state index contributed by atoms with van der Waals surface area (Å²) in [4.78, 5) is 10.8. The predicted octanol–water partition coefficient (Wildman–Crippen LogP) is 1.23. The van der Waals surface area contributed by atoms with Crippen molar-refractivity contribution in [3.8, 4) is 0 Å². The number of aliphatic hydroxyl groups excluding tert-OH is 1. The average Bonchev–Trinajstić information content (AvgIpc) is 1.81. The minimum atomic E-state index is -0.139. The van der Waals surface area contributed by atoms with Gasteiger partial charge in [-0.15, -0.1) is 0 Å². The highest BCUT2D eigenvalue weighted by Crippen LogP contribution is 2.11. The van der Waals surface area contributed by atoms with E-state index < -0.39 is 0 Å². The number of rotatable bonds is 4. The van der Waals surface area contributed by atoms with Gasteiger partial charge in [0.15, 0.2) is 0 Å². The van der Waals surface area contributed by atoms with E-state index in [-0.39, 0.29) is 18.3 Å². The Balaban J connectivity index is 3.72. The van der Waals surface area contributed by atoms with E-state index in [1.807, 2.05) is 13.8 Å². The van der Waals surface area contributed by atoms with E-state index >= 15 is 0 Å². The van der Waals surface area contributed by atoms with Crippen molar-refractivity contribution in [2.75, 3.05) is 6.61 Å². The topological polar surface area (TPSA) is 37.3 Å². The molecule has 1 unspecified atom stereocenters. The van der Waals surface area contributed by atoms with Crippen LogP contribution in [0.3, 0.4) is 0 Å². The van der Waals surface area contributed by atoms with E-state index in [0.29, 0.717) is 5.92 Å². The highest BCUT2D eigenvalue weighted by atomic mass is 16.3. The quantitative estimate of drug-likeness (QED) is 0.644. The number of Topliss-reactive ketones (excluding diaryl/α,β-unsaturated/α-hetero) is 1. The summed E-state index contributed by atoms with van der Waals surface area (Å²) >= 11 is 0. The zero-order chi connectivity index (χ0) is 8.15. The molecule has 0 aliphatic rings. The van der Waals surface area contributed by atoms with Crippen LogP contribution < -0.4 is 0 Å². The lowest BCUT2D eigenvalue weighted by Crippen LogP contribution is -2.17. The summed E-state index contributed by atoms with van der Waals surface area (Å²) in [5.41, 5.74) is 0. The maximum Gasteiger partial charge on any atom is 0.135 e. The van der Waals surface area contributed by atoms with Crippen molar-refractivity contribution in [3.05, 3.63) is 0 Å². The van der Waals surface area contributed by atoms with E-state index in [1.54, 1.807) is 0 Å². The number of ketones is 1. The summed E-state index contributed by atoms with van der Waals surface area (Å²) in [6.45, 7) is 5.62. The molecule has 0 saturated carbocycles. The van der Waals surface area contributed by atoms with Crippen molar-refractivity contribution in [2.45, 2.75) is 27.2 Å². The maximum atomic E-state index is 10.8. The Morgan fingerprint density at radius 2 is 2.00 bits per heavy atom. The fourth-order valence-electron chi connectivity index (χ4n) is 0.938. The molecule has 0 spiro atoms. The van der Waals surface area contributed by atoms with Crippen LogP contribution >= 0.6 is 0 Å². The molecule has 2 heteroatoms. The normalized spacial score (nSPS) is 13.7. The van der Waals surface area contributed by atoms with E-state index in [4.69, 9.17) is 5.11 Å². The van der Waals surface area contributed by atoms with Gasteiger partial charge in [-0.05, 0) is 19.3 Å². The molecule has 0 saturated heterocycles. The third-order valence-corrected chi connectivity index (χ3v) is 1.55. The third kappa shape index (κ3) is 3.62. The molecule has 0 fully saturated rings. The molecule has 0 aliphatic carbocycles. The molecule has 2 nitrogen and oxygen atoms in total. The van der Waals surface area contributed by atoms with E-state index in [9.17, 15) is 4.79 Å². The largest absolute Gasteiger partial charge is 0.396 e. The second-order valence-corrected chi connectivity index (χ2v) is 3.12. The Kier molecular flexibility index (Phi) is 4.28. The monoisotopic (exact) mass is 144 g/mol. The molecule has 1 N–H and O–H groups in total. The third-order valence-electron chi connectivity index (χ3n) is 1.55. The van der Waals surface area contributed by atoms with Gasteiger partial charge in [0, 0.05) is 5.92 Å². The van der Waals surface area contributed by atoms with Gasteiger partial charge in [0.05, 0.1) is 6.61 Å².